The van der Waals surface area contributed by atoms with Crippen molar-refractivity contribution >= 4 is 81.3 Å². The lowest BCUT2D eigenvalue weighted by Crippen LogP contribution is -2.17. The minimum atomic E-state index is 0.0946. The third-order valence-corrected chi connectivity index (χ3v) is 14.6. The Labute approximate surface area is 366 Å². The number of hydrogen-bond acceptors (Lipinski definition) is 3. The summed E-state index contributed by atoms with van der Waals surface area (Å²) in [5.41, 5.74) is 15.3. The second-order valence-electron chi connectivity index (χ2n) is 18.4. The third-order valence-electron chi connectivity index (χ3n) is 13.5. The molecule has 0 N–H and O–H groups in total. The molecule has 0 radical (unpaired) electrons. The van der Waals surface area contributed by atoms with Gasteiger partial charge in [0.1, 0.15) is 11.2 Å². The molecule has 0 bridgehead atoms. The number of anilines is 3. The molecule has 2 heterocycles. The molecular weight excluding hydrogens is 771 g/mol. The van der Waals surface area contributed by atoms with E-state index < -0.39 is 0 Å². The Morgan fingerprint density at radius 3 is 1.94 bits per heavy atom. The quantitative estimate of drug-likeness (QED) is 0.166. The Bertz CT molecular complexity index is 3570. The largest absolute Gasteiger partial charge is 0.455 e. The average molecular weight is 816 g/mol. The average Bonchev–Trinajstić information content (AvgIpc) is 3.92. The van der Waals surface area contributed by atoms with E-state index in [9.17, 15) is 0 Å². The number of thiophene rings is 1. The molecule has 2 nitrogen and oxygen atoms in total. The normalized spacial score (nSPS) is 14.3. The van der Waals surface area contributed by atoms with Crippen molar-refractivity contribution < 1.29 is 4.42 Å². The highest BCUT2D eigenvalue weighted by Crippen LogP contribution is 2.52. The number of fused-ring (bicyclic) bond motifs is 8. The van der Waals surface area contributed by atoms with E-state index in [1.807, 2.05) is 11.3 Å². The molecule has 0 fully saturated rings. The van der Waals surface area contributed by atoms with Crippen molar-refractivity contribution in [3.8, 4) is 33.4 Å². The molecule has 1 aliphatic rings. The van der Waals surface area contributed by atoms with Crippen LogP contribution in [-0.2, 0) is 10.8 Å². The van der Waals surface area contributed by atoms with Gasteiger partial charge in [-0.15, -0.1) is 11.3 Å². The zero-order valence-corrected chi connectivity index (χ0v) is 36.2. The van der Waals surface area contributed by atoms with Crippen molar-refractivity contribution in [2.45, 2.75) is 44.9 Å². The smallest absolute Gasteiger partial charge is 0.143 e. The summed E-state index contributed by atoms with van der Waals surface area (Å²) in [6.45, 7) is 9.52. The predicted octanol–water partition coefficient (Wildman–Crippen LogP) is 17.5. The summed E-state index contributed by atoms with van der Waals surface area (Å²) < 4.78 is 9.56. The Morgan fingerprint density at radius 1 is 0.419 bits per heavy atom. The van der Waals surface area contributed by atoms with Crippen LogP contribution in [-0.4, -0.2) is 0 Å². The molecule has 11 aromatic rings. The summed E-state index contributed by atoms with van der Waals surface area (Å²) in [7, 11) is 0. The lowest BCUT2D eigenvalue weighted by molar-refractivity contribution is 0.403. The van der Waals surface area contributed by atoms with Gasteiger partial charge in [-0.05, 0) is 105 Å². The highest BCUT2D eigenvalue weighted by molar-refractivity contribution is 7.25. The van der Waals surface area contributed by atoms with Crippen molar-refractivity contribution in [1.29, 1.82) is 0 Å². The van der Waals surface area contributed by atoms with Crippen molar-refractivity contribution in [2.75, 3.05) is 4.90 Å². The van der Waals surface area contributed by atoms with Crippen LogP contribution >= 0.6 is 11.3 Å². The molecule has 1 aliphatic carbocycles. The topological polar surface area (TPSA) is 16.4 Å². The standard InChI is InChI=1S/C59H45NOS/c1-58(2)36-59(3,4)51-35-54-49(34-50(51)58)48-25-15-24-47(57(48)61-54)43-30-31-53(44-22-9-8-21-42(43)44)60(40-19-14-18-38(32-40)37-16-6-5-7-17-37)52-26-12-10-20-41(52)39-28-29-46-45-23-11-13-27-55(45)62-56(46)33-39/h5-35H,36H2,1-4H3. The molecule has 0 aliphatic heterocycles. The van der Waals surface area contributed by atoms with Crippen LogP contribution in [0.25, 0.3) is 86.3 Å². The molecule has 0 amide bonds. The predicted molar refractivity (Wildman–Crippen MR) is 266 cm³/mol. The molecule has 2 aromatic heterocycles. The zero-order chi connectivity index (χ0) is 41.7. The van der Waals surface area contributed by atoms with Gasteiger partial charge in [0, 0.05) is 53.1 Å². The van der Waals surface area contributed by atoms with Crippen LogP contribution in [0.15, 0.2) is 192 Å². The minimum absolute atomic E-state index is 0.0946. The van der Waals surface area contributed by atoms with E-state index >= 15 is 0 Å². The molecule has 12 rings (SSSR count). The number of furan rings is 1. The Morgan fingerprint density at radius 2 is 1.08 bits per heavy atom. The van der Waals surface area contributed by atoms with Crippen LogP contribution in [0.2, 0.25) is 0 Å². The van der Waals surface area contributed by atoms with Gasteiger partial charge in [-0.3, -0.25) is 0 Å². The maximum absolute atomic E-state index is 6.95. The van der Waals surface area contributed by atoms with Gasteiger partial charge < -0.3 is 9.32 Å². The molecule has 9 aromatic carbocycles. The van der Waals surface area contributed by atoms with Crippen LogP contribution in [0.4, 0.5) is 17.1 Å². The number of rotatable bonds is 6. The third kappa shape index (κ3) is 5.76. The SMILES string of the molecule is CC1(C)CC(C)(C)c2cc3c(cc21)oc1c(-c2ccc(N(c4cccc(-c5ccccc5)c4)c4ccccc4-c4ccc5c(c4)sc4ccccc45)c4ccccc24)cccc13. The molecule has 3 heteroatoms. The lowest BCUT2D eigenvalue weighted by Gasteiger charge is -2.30. The van der Waals surface area contributed by atoms with E-state index in [-0.39, 0.29) is 10.8 Å². The first kappa shape index (κ1) is 36.9. The zero-order valence-electron chi connectivity index (χ0n) is 35.4. The van der Waals surface area contributed by atoms with Crippen LogP contribution in [0.5, 0.6) is 0 Å². The van der Waals surface area contributed by atoms with E-state index in [4.69, 9.17) is 4.42 Å². The number of hydrogen-bond donors (Lipinski definition) is 0. The Hall–Kier alpha value is -6.94. The van der Waals surface area contributed by atoms with Gasteiger partial charge in [-0.1, -0.05) is 167 Å². The van der Waals surface area contributed by atoms with Crippen molar-refractivity contribution in [3.05, 3.63) is 199 Å². The van der Waals surface area contributed by atoms with Crippen molar-refractivity contribution in [1.82, 2.24) is 0 Å². The molecule has 62 heavy (non-hydrogen) atoms. The molecule has 0 saturated heterocycles. The number of nitrogens with zero attached hydrogens (tertiary/aromatic N) is 1. The summed E-state index contributed by atoms with van der Waals surface area (Å²) in [6, 6.07) is 69.2. The van der Waals surface area contributed by atoms with E-state index in [0.717, 1.165) is 51.2 Å². The van der Waals surface area contributed by atoms with Gasteiger partial charge in [0.05, 0.1) is 11.4 Å². The van der Waals surface area contributed by atoms with Crippen LogP contribution in [0, 0.1) is 0 Å². The summed E-state index contributed by atoms with van der Waals surface area (Å²) in [6.07, 6.45) is 1.13. The number of para-hydroxylation sites is 2. The molecule has 298 valence electrons. The van der Waals surface area contributed by atoms with Gasteiger partial charge >= 0.3 is 0 Å². The van der Waals surface area contributed by atoms with Crippen LogP contribution in [0.3, 0.4) is 0 Å². The first-order chi connectivity index (χ1) is 30.2. The second kappa shape index (κ2) is 13.8. The van der Waals surface area contributed by atoms with Gasteiger partial charge in [0.25, 0.3) is 0 Å². The minimum Gasteiger partial charge on any atom is -0.455 e. The molecule has 0 saturated carbocycles. The summed E-state index contributed by atoms with van der Waals surface area (Å²) in [5, 5.41) is 7.32. The monoisotopic (exact) mass is 815 g/mol. The van der Waals surface area contributed by atoms with Gasteiger partial charge in [0.2, 0.25) is 0 Å². The van der Waals surface area contributed by atoms with Gasteiger partial charge in [-0.2, -0.15) is 0 Å². The maximum Gasteiger partial charge on any atom is 0.143 e. The van der Waals surface area contributed by atoms with Crippen molar-refractivity contribution in [2.24, 2.45) is 0 Å². The Balaban J connectivity index is 1.07. The molecular formula is C59H45NOS. The summed E-state index contributed by atoms with van der Waals surface area (Å²) in [4.78, 5) is 2.47. The molecule has 0 spiro atoms. The first-order valence-electron chi connectivity index (χ1n) is 21.7. The highest BCUT2D eigenvalue weighted by atomic mass is 32.1. The van der Waals surface area contributed by atoms with Crippen LogP contribution < -0.4 is 4.90 Å². The van der Waals surface area contributed by atoms with E-state index in [0.29, 0.717) is 0 Å². The van der Waals surface area contributed by atoms with Gasteiger partial charge in [-0.25, -0.2) is 0 Å². The summed E-state index contributed by atoms with van der Waals surface area (Å²) >= 11 is 1.86. The van der Waals surface area contributed by atoms with Crippen LogP contribution in [0.1, 0.15) is 45.2 Å². The van der Waals surface area contributed by atoms with E-state index in [1.165, 1.54) is 69.7 Å². The second-order valence-corrected chi connectivity index (χ2v) is 19.5. The lowest BCUT2D eigenvalue weighted by atomic mass is 9.82. The molecule has 0 unspecified atom stereocenters. The maximum atomic E-state index is 6.95. The van der Waals surface area contributed by atoms with Crippen molar-refractivity contribution in [3.63, 3.8) is 0 Å². The first-order valence-corrected chi connectivity index (χ1v) is 22.5. The Kier molecular flexibility index (Phi) is 8.20. The fourth-order valence-electron chi connectivity index (χ4n) is 10.9. The fraction of sp³-hybridized carbons (Fsp3) is 0.119. The van der Waals surface area contributed by atoms with Gasteiger partial charge in [0.15, 0.2) is 0 Å². The molecule has 0 atom stereocenters. The van der Waals surface area contributed by atoms with E-state index in [1.54, 1.807) is 0 Å². The fourth-order valence-corrected chi connectivity index (χ4v) is 12.0. The summed E-state index contributed by atoms with van der Waals surface area (Å²) in [5.74, 6) is 0. The highest BCUT2D eigenvalue weighted by Gasteiger charge is 2.42. The number of benzene rings is 9. The van der Waals surface area contributed by atoms with E-state index in [2.05, 4.69) is 221 Å².